The van der Waals surface area contributed by atoms with Crippen molar-refractivity contribution in [2.45, 2.75) is 42.3 Å². The van der Waals surface area contributed by atoms with Gasteiger partial charge in [0.2, 0.25) is 5.91 Å². The molecule has 3 aromatic carbocycles. The Morgan fingerprint density at radius 2 is 1.69 bits per heavy atom. The third-order valence-corrected chi connectivity index (χ3v) is 9.52. The molecular formula is C31H37N3O4S. The van der Waals surface area contributed by atoms with Gasteiger partial charge in [0.15, 0.2) is 9.84 Å². The van der Waals surface area contributed by atoms with Gasteiger partial charge in [0.05, 0.1) is 12.0 Å². The number of hydrogen-bond acceptors (Lipinski definition) is 6. The first-order valence-corrected chi connectivity index (χ1v) is 15.4. The monoisotopic (exact) mass is 547 g/mol. The van der Waals surface area contributed by atoms with Crippen LogP contribution in [0.1, 0.15) is 35.4 Å². The second-order valence-electron chi connectivity index (χ2n) is 10.8. The fourth-order valence-corrected chi connectivity index (χ4v) is 7.40. The van der Waals surface area contributed by atoms with Crippen molar-refractivity contribution in [3.05, 3.63) is 95.6 Å². The topological polar surface area (TPSA) is 102 Å². The van der Waals surface area contributed by atoms with Gasteiger partial charge in [-0.1, -0.05) is 60.7 Å². The molecule has 3 aromatic rings. The van der Waals surface area contributed by atoms with Crippen LogP contribution in [0.4, 0.5) is 0 Å². The van der Waals surface area contributed by atoms with Crippen LogP contribution in [-0.4, -0.2) is 57.8 Å². The number of carbonyl (C=O) groups excluding carboxylic acids is 1. The number of amides is 1. The first kappa shape index (κ1) is 27.4. The van der Waals surface area contributed by atoms with Gasteiger partial charge < -0.3 is 15.8 Å². The summed E-state index contributed by atoms with van der Waals surface area (Å²) >= 11 is 0. The summed E-state index contributed by atoms with van der Waals surface area (Å²) in [6.07, 6.45) is 2.55. The van der Waals surface area contributed by atoms with Crippen LogP contribution in [0, 0.1) is 11.8 Å². The maximum Gasteiger partial charge on any atom is 0.217 e. The molecule has 3 saturated heterocycles. The van der Waals surface area contributed by atoms with E-state index < -0.39 is 9.84 Å². The van der Waals surface area contributed by atoms with Crippen LogP contribution in [0.15, 0.2) is 83.8 Å². The highest BCUT2D eigenvalue weighted by atomic mass is 32.2. The van der Waals surface area contributed by atoms with Crippen LogP contribution < -0.4 is 15.8 Å². The lowest BCUT2D eigenvalue weighted by Crippen LogP contribution is -2.67. The van der Waals surface area contributed by atoms with Crippen molar-refractivity contribution in [2.24, 2.45) is 17.6 Å². The molecule has 1 amide bonds. The van der Waals surface area contributed by atoms with E-state index in [1.807, 2.05) is 12.1 Å². The molecule has 5 atom stereocenters. The highest BCUT2D eigenvalue weighted by Gasteiger charge is 2.50. The number of carbonyl (C=O) groups is 1. The van der Waals surface area contributed by atoms with E-state index in [9.17, 15) is 13.2 Å². The summed E-state index contributed by atoms with van der Waals surface area (Å²) in [7, 11) is -1.77. The van der Waals surface area contributed by atoms with E-state index in [4.69, 9.17) is 10.5 Å². The number of methoxy groups -OCH3 is 1. The molecule has 0 radical (unpaired) electrons. The molecule has 3 fully saturated rings. The quantitative estimate of drug-likeness (QED) is 0.402. The molecule has 7 nitrogen and oxygen atoms in total. The summed E-state index contributed by atoms with van der Waals surface area (Å²) in [4.78, 5) is 14.8. The van der Waals surface area contributed by atoms with Crippen molar-refractivity contribution in [3.63, 3.8) is 0 Å². The van der Waals surface area contributed by atoms with Gasteiger partial charge in [-0.3, -0.25) is 9.69 Å². The van der Waals surface area contributed by atoms with Gasteiger partial charge in [-0.15, -0.1) is 0 Å². The minimum atomic E-state index is -3.36. The number of hydrogen-bond donors (Lipinski definition) is 2. The van der Waals surface area contributed by atoms with Crippen molar-refractivity contribution < 1.29 is 17.9 Å². The lowest BCUT2D eigenvalue weighted by molar-refractivity contribution is -0.122. The fraction of sp³-hybridized carbons (Fsp3) is 0.387. The zero-order valence-corrected chi connectivity index (χ0v) is 23.3. The van der Waals surface area contributed by atoms with Gasteiger partial charge in [-0.05, 0) is 54.1 Å². The Hall–Kier alpha value is -3.20. The van der Waals surface area contributed by atoms with E-state index in [0.29, 0.717) is 18.7 Å². The Bertz CT molecular complexity index is 1360. The number of primary amides is 1. The van der Waals surface area contributed by atoms with Crippen molar-refractivity contribution in [3.8, 4) is 5.75 Å². The Balaban J connectivity index is 1.55. The predicted octanol–water partition coefficient (Wildman–Crippen LogP) is 3.58. The number of piperidine rings is 3. The number of ether oxygens (including phenoxy) is 1. The van der Waals surface area contributed by atoms with Gasteiger partial charge in [0.1, 0.15) is 5.75 Å². The maximum atomic E-state index is 12.3. The lowest BCUT2D eigenvalue weighted by atomic mass is 9.66. The summed E-state index contributed by atoms with van der Waals surface area (Å²) in [5.41, 5.74) is 8.97. The van der Waals surface area contributed by atoms with Crippen LogP contribution in [-0.2, 0) is 21.2 Å². The Kier molecular flexibility index (Phi) is 8.07. The molecular weight excluding hydrogens is 510 g/mol. The van der Waals surface area contributed by atoms with Crippen LogP contribution in [0.5, 0.6) is 5.75 Å². The zero-order valence-electron chi connectivity index (χ0n) is 22.5. The molecule has 6 rings (SSSR count). The van der Waals surface area contributed by atoms with E-state index in [1.165, 1.54) is 17.4 Å². The minimum absolute atomic E-state index is 0.0499. The second kappa shape index (κ2) is 11.5. The molecule has 3 aliphatic heterocycles. The molecule has 0 aliphatic carbocycles. The van der Waals surface area contributed by atoms with Crippen LogP contribution in [0.2, 0.25) is 0 Å². The van der Waals surface area contributed by atoms with Gasteiger partial charge in [-0.2, -0.15) is 0 Å². The van der Waals surface area contributed by atoms with Gasteiger partial charge in [-0.25, -0.2) is 8.42 Å². The zero-order chi connectivity index (χ0) is 27.6. The van der Waals surface area contributed by atoms with Crippen LogP contribution in [0.25, 0.3) is 0 Å². The summed E-state index contributed by atoms with van der Waals surface area (Å²) < 4.78 is 30.2. The van der Waals surface area contributed by atoms with Gasteiger partial charge >= 0.3 is 0 Å². The number of nitrogens with two attached hydrogens (primary N) is 1. The highest BCUT2D eigenvalue weighted by molar-refractivity contribution is 7.90. The normalized spacial score (nSPS) is 24.5. The summed E-state index contributed by atoms with van der Waals surface area (Å²) in [6, 6.07) is 26.4. The summed E-state index contributed by atoms with van der Waals surface area (Å²) in [5.74, 6) is 0.915. The molecule has 206 valence electrons. The Labute approximate surface area is 231 Å². The number of sulfone groups is 1. The van der Waals surface area contributed by atoms with Crippen molar-refractivity contribution in [2.75, 3.05) is 26.5 Å². The number of benzene rings is 3. The summed E-state index contributed by atoms with van der Waals surface area (Å²) in [5, 5.41) is 3.83. The smallest absolute Gasteiger partial charge is 0.217 e. The number of nitrogens with one attached hydrogen (secondary N) is 1. The van der Waals surface area contributed by atoms with Gasteiger partial charge in [0.25, 0.3) is 0 Å². The predicted molar refractivity (Wildman–Crippen MR) is 152 cm³/mol. The molecule has 3 heterocycles. The van der Waals surface area contributed by atoms with E-state index in [2.05, 4.69) is 58.7 Å². The molecule has 0 aromatic heterocycles. The van der Waals surface area contributed by atoms with Crippen LogP contribution in [0.3, 0.4) is 0 Å². The van der Waals surface area contributed by atoms with Crippen LogP contribution >= 0.6 is 0 Å². The van der Waals surface area contributed by atoms with E-state index in [1.54, 1.807) is 25.3 Å². The molecule has 3 aliphatic rings. The largest absolute Gasteiger partial charge is 0.496 e. The minimum Gasteiger partial charge on any atom is -0.496 e. The lowest BCUT2D eigenvalue weighted by Gasteiger charge is -2.57. The molecule has 0 spiro atoms. The highest BCUT2D eigenvalue weighted by Crippen LogP contribution is 2.45. The van der Waals surface area contributed by atoms with E-state index >= 15 is 0 Å². The summed E-state index contributed by atoms with van der Waals surface area (Å²) in [6.45, 7) is 2.24. The molecule has 1 unspecified atom stereocenters. The first-order chi connectivity index (χ1) is 18.8. The molecule has 2 bridgehead atoms. The Morgan fingerprint density at radius 1 is 1.05 bits per heavy atom. The van der Waals surface area contributed by atoms with Gasteiger partial charge in [0, 0.05) is 49.3 Å². The molecule has 0 saturated carbocycles. The SMILES string of the molecule is COc1ccc(S(C)(=O)=O)cc1CN[C@H]1[C@H]2CCN(C[C@@H]2CC(N)=O)[C@@H]1C(c1ccccc1)c1ccccc1. The standard InChI is InChI=1S/C31H37N3O4S/c1-38-27-14-13-25(39(2,36)37)17-23(27)19-33-30-26-15-16-34(20-24(26)18-28(32)35)31(30)29(21-9-5-3-6-10-21)22-11-7-4-8-12-22/h3-14,17,24,26,29-31,33H,15-16,18-20H2,1-2H3,(H2,32,35)/t24-,26-,30-,31+/m0/s1. The van der Waals surface area contributed by atoms with E-state index in [0.717, 1.165) is 25.1 Å². The third kappa shape index (κ3) is 5.88. The van der Waals surface area contributed by atoms with E-state index in [-0.39, 0.29) is 40.6 Å². The average molecular weight is 548 g/mol. The van der Waals surface area contributed by atoms with Crippen molar-refractivity contribution in [1.29, 1.82) is 0 Å². The van der Waals surface area contributed by atoms with Crippen molar-refractivity contribution >= 4 is 15.7 Å². The maximum absolute atomic E-state index is 12.3. The first-order valence-electron chi connectivity index (χ1n) is 13.5. The number of fused-ring (bicyclic) bond motifs is 3. The fourth-order valence-electron chi connectivity index (χ4n) is 6.73. The molecule has 8 heteroatoms. The number of rotatable bonds is 10. The third-order valence-electron chi connectivity index (χ3n) is 8.41. The second-order valence-corrected chi connectivity index (χ2v) is 12.8. The van der Waals surface area contributed by atoms with Crippen molar-refractivity contribution in [1.82, 2.24) is 10.2 Å². The molecule has 3 N–H and O–H groups in total. The molecule has 39 heavy (non-hydrogen) atoms. The average Bonchev–Trinajstić information content (AvgIpc) is 2.93. The Morgan fingerprint density at radius 3 is 2.26 bits per heavy atom. The number of nitrogens with zero attached hydrogens (tertiary/aromatic N) is 1.